The Kier molecular flexibility index (Phi) is 53.4. The van der Waals surface area contributed by atoms with E-state index in [0.717, 1.165) is 103 Å². The molecular weight excluding hydrogens is 841 g/mol. The van der Waals surface area contributed by atoms with Crippen molar-refractivity contribution in [3.63, 3.8) is 0 Å². The van der Waals surface area contributed by atoms with Gasteiger partial charge in [0.05, 0.1) is 0 Å². The maximum Gasteiger partial charge on any atom is 0.306 e. The number of allylic oxidation sites excluding steroid dienone is 14. The quantitative estimate of drug-likeness (QED) is 0.0262. The zero-order valence-electron chi connectivity index (χ0n) is 44.6. The number of unbranched alkanes of at least 4 members (excludes halogenated alkanes) is 26. The number of carbonyl (C=O) groups is 3. The van der Waals surface area contributed by atoms with Gasteiger partial charge in [0, 0.05) is 19.3 Å². The van der Waals surface area contributed by atoms with Crippen molar-refractivity contribution in [1.82, 2.24) is 0 Å². The molecule has 6 nitrogen and oxygen atoms in total. The molecule has 0 N–H and O–H groups in total. The van der Waals surface area contributed by atoms with Gasteiger partial charge in [-0.25, -0.2) is 0 Å². The van der Waals surface area contributed by atoms with Gasteiger partial charge in [-0.1, -0.05) is 241 Å². The third kappa shape index (κ3) is 53.5. The van der Waals surface area contributed by atoms with Crippen LogP contribution in [0.25, 0.3) is 0 Å². The molecule has 1 atom stereocenters. The van der Waals surface area contributed by atoms with Crippen molar-refractivity contribution in [2.24, 2.45) is 0 Å². The van der Waals surface area contributed by atoms with E-state index in [1.807, 2.05) is 0 Å². The summed E-state index contributed by atoms with van der Waals surface area (Å²) in [4.78, 5) is 38.1. The van der Waals surface area contributed by atoms with Gasteiger partial charge < -0.3 is 14.2 Å². The SMILES string of the molecule is CC/C=C\C/C=C\C/C=C\C/C=C\C/C=C\CCCCCC(=O)OC[C@@H](COC(=O)CCCCCCCCCCCCCC)OC(=O)CCCCCCCCCCC/C=C\C/C=C\CCCCC. The standard InChI is InChI=1S/C62H106O6/c1-4-7-10-13-16-19-22-25-27-29-31-33-35-37-40-43-46-49-52-55-61(64)67-58-59(57-66-60(63)54-51-48-45-42-39-24-21-18-15-12-9-6-3)68-62(65)56-53-50-47-44-41-38-36-34-32-30-28-26-23-20-17-14-11-8-5-2/h7,10,16-17,19-20,25-28,31,33,37,40,59H,4-6,8-9,11-15,18,21-24,29-30,32,34-36,38-39,41-58H2,1-3H3/b10-7-,19-16-,20-17-,27-25-,28-26-,33-31-,40-37-/t59-/m1/s1. The van der Waals surface area contributed by atoms with Crippen LogP contribution in [0.1, 0.15) is 271 Å². The minimum absolute atomic E-state index is 0.0871. The summed E-state index contributed by atoms with van der Waals surface area (Å²) >= 11 is 0. The third-order valence-electron chi connectivity index (χ3n) is 12.1. The van der Waals surface area contributed by atoms with E-state index in [-0.39, 0.29) is 31.1 Å². The second-order valence-electron chi connectivity index (χ2n) is 18.8. The molecule has 0 aromatic heterocycles. The molecule has 0 amide bonds. The minimum Gasteiger partial charge on any atom is -0.462 e. The molecule has 0 fully saturated rings. The zero-order valence-corrected chi connectivity index (χ0v) is 44.6. The highest BCUT2D eigenvalue weighted by molar-refractivity contribution is 5.71. The summed E-state index contributed by atoms with van der Waals surface area (Å²) in [6, 6.07) is 0. The first-order chi connectivity index (χ1) is 33.5. The molecule has 0 unspecified atom stereocenters. The molecule has 0 saturated heterocycles. The second-order valence-corrected chi connectivity index (χ2v) is 18.8. The predicted molar refractivity (Wildman–Crippen MR) is 293 cm³/mol. The van der Waals surface area contributed by atoms with Gasteiger partial charge in [0.25, 0.3) is 0 Å². The van der Waals surface area contributed by atoms with Crippen molar-refractivity contribution in [3.8, 4) is 0 Å². The number of ether oxygens (including phenoxy) is 3. The van der Waals surface area contributed by atoms with Crippen LogP contribution in [0.3, 0.4) is 0 Å². The monoisotopic (exact) mass is 947 g/mol. The van der Waals surface area contributed by atoms with Gasteiger partial charge in [0.15, 0.2) is 6.10 Å². The fraction of sp³-hybridized carbons (Fsp3) is 0.726. The second kappa shape index (κ2) is 56.2. The average molecular weight is 948 g/mol. The van der Waals surface area contributed by atoms with Gasteiger partial charge in [-0.2, -0.15) is 0 Å². The zero-order chi connectivity index (χ0) is 49.3. The van der Waals surface area contributed by atoms with Gasteiger partial charge in [-0.05, 0) is 96.3 Å². The molecule has 0 aliphatic heterocycles. The van der Waals surface area contributed by atoms with Crippen molar-refractivity contribution in [1.29, 1.82) is 0 Å². The number of hydrogen-bond donors (Lipinski definition) is 0. The first-order valence-electron chi connectivity index (χ1n) is 28.6. The van der Waals surface area contributed by atoms with E-state index in [9.17, 15) is 14.4 Å². The van der Waals surface area contributed by atoms with E-state index in [1.165, 1.54) is 128 Å². The molecule has 0 aromatic carbocycles. The van der Waals surface area contributed by atoms with Crippen LogP contribution < -0.4 is 0 Å². The van der Waals surface area contributed by atoms with Crippen LogP contribution in [0.5, 0.6) is 0 Å². The minimum atomic E-state index is -0.791. The fourth-order valence-corrected chi connectivity index (χ4v) is 7.85. The molecule has 0 rings (SSSR count). The van der Waals surface area contributed by atoms with E-state index in [4.69, 9.17) is 14.2 Å². The van der Waals surface area contributed by atoms with Crippen LogP contribution in [-0.4, -0.2) is 37.2 Å². The maximum atomic E-state index is 12.9. The van der Waals surface area contributed by atoms with Crippen molar-refractivity contribution < 1.29 is 28.6 Å². The summed E-state index contributed by atoms with van der Waals surface area (Å²) in [6.07, 6.45) is 72.8. The highest BCUT2D eigenvalue weighted by atomic mass is 16.6. The Morgan fingerprint density at radius 3 is 0.941 bits per heavy atom. The van der Waals surface area contributed by atoms with Gasteiger partial charge >= 0.3 is 17.9 Å². The van der Waals surface area contributed by atoms with Crippen molar-refractivity contribution in [2.45, 2.75) is 277 Å². The third-order valence-corrected chi connectivity index (χ3v) is 12.1. The summed E-state index contributed by atoms with van der Waals surface area (Å²) in [6.45, 7) is 6.48. The molecule has 0 bridgehead atoms. The van der Waals surface area contributed by atoms with Gasteiger partial charge in [0.1, 0.15) is 13.2 Å². The molecule has 390 valence electrons. The highest BCUT2D eigenvalue weighted by Gasteiger charge is 2.19. The normalized spacial score (nSPS) is 12.7. The molecule has 0 saturated carbocycles. The van der Waals surface area contributed by atoms with E-state index < -0.39 is 6.10 Å². The smallest absolute Gasteiger partial charge is 0.306 e. The highest BCUT2D eigenvalue weighted by Crippen LogP contribution is 2.15. The van der Waals surface area contributed by atoms with E-state index in [2.05, 4.69) is 106 Å². The van der Waals surface area contributed by atoms with Crippen LogP contribution in [0.15, 0.2) is 85.1 Å². The van der Waals surface area contributed by atoms with Crippen LogP contribution >= 0.6 is 0 Å². The average Bonchev–Trinajstić information content (AvgIpc) is 3.34. The Bertz CT molecular complexity index is 1320. The van der Waals surface area contributed by atoms with Gasteiger partial charge in [-0.15, -0.1) is 0 Å². The topological polar surface area (TPSA) is 78.9 Å². The number of rotatable bonds is 51. The maximum absolute atomic E-state index is 12.9. The number of esters is 3. The molecular formula is C62H106O6. The molecule has 0 aliphatic rings. The van der Waals surface area contributed by atoms with Crippen LogP contribution in [0.2, 0.25) is 0 Å². The summed E-state index contributed by atoms with van der Waals surface area (Å²) in [5.41, 5.74) is 0. The van der Waals surface area contributed by atoms with Crippen LogP contribution in [0, 0.1) is 0 Å². The Balaban J connectivity index is 4.42. The molecule has 0 radical (unpaired) electrons. The Morgan fingerprint density at radius 2 is 0.574 bits per heavy atom. The Hall–Kier alpha value is -3.41. The lowest BCUT2D eigenvalue weighted by Crippen LogP contribution is -2.30. The van der Waals surface area contributed by atoms with Gasteiger partial charge in [0.2, 0.25) is 0 Å². The molecule has 0 heterocycles. The lowest BCUT2D eigenvalue weighted by Gasteiger charge is -2.18. The molecule has 0 aromatic rings. The predicted octanol–water partition coefficient (Wildman–Crippen LogP) is 19.2. The van der Waals surface area contributed by atoms with Crippen LogP contribution in [-0.2, 0) is 28.6 Å². The number of hydrogen-bond acceptors (Lipinski definition) is 6. The summed E-state index contributed by atoms with van der Waals surface area (Å²) in [5, 5.41) is 0. The largest absolute Gasteiger partial charge is 0.462 e. The Morgan fingerprint density at radius 1 is 0.309 bits per heavy atom. The molecule has 68 heavy (non-hydrogen) atoms. The van der Waals surface area contributed by atoms with E-state index in [1.54, 1.807) is 0 Å². The lowest BCUT2D eigenvalue weighted by atomic mass is 10.0. The number of carbonyl (C=O) groups excluding carboxylic acids is 3. The molecule has 6 heteroatoms. The van der Waals surface area contributed by atoms with E-state index >= 15 is 0 Å². The fourth-order valence-electron chi connectivity index (χ4n) is 7.85. The first-order valence-corrected chi connectivity index (χ1v) is 28.6. The first kappa shape index (κ1) is 64.6. The molecule has 0 aliphatic carbocycles. The van der Waals surface area contributed by atoms with E-state index in [0.29, 0.717) is 19.3 Å². The summed E-state index contributed by atoms with van der Waals surface area (Å²) in [5.74, 6) is -0.919. The van der Waals surface area contributed by atoms with Crippen molar-refractivity contribution >= 4 is 17.9 Å². The molecule has 0 spiro atoms. The summed E-state index contributed by atoms with van der Waals surface area (Å²) in [7, 11) is 0. The van der Waals surface area contributed by atoms with Crippen molar-refractivity contribution in [2.75, 3.05) is 13.2 Å². The van der Waals surface area contributed by atoms with Crippen molar-refractivity contribution in [3.05, 3.63) is 85.1 Å². The summed E-state index contributed by atoms with van der Waals surface area (Å²) < 4.78 is 16.8. The Labute approximate surface area is 420 Å². The lowest BCUT2D eigenvalue weighted by molar-refractivity contribution is -0.167. The van der Waals surface area contributed by atoms with Crippen LogP contribution in [0.4, 0.5) is 0 Å². The van der Waals surface area contributed by atoms with Gasteiger partial charge in [-0.3, -0.25) is 14.4 Å².